The van der Waals surface area contributed by atoms with Crippen molar-refractivity contribution in [1.29, 1.82) is 0 Å². The molecule has 0 saturated carbocycles. The number of aromatic nitrogens is 2. The molecule has 0 radical (unpaired) electrons. The van der Waals surface area contributed by atoms with Crippen molar-refractivity contribution < 1.29 is 9.53 Å². The summed E-state index contributed by atoms with van der Waals surface area (Å²) >= 11 is 6.42. The molecule has 7 nitrogen and oxygen atoms in total. The number of anilines is 1. The Balaban J connectivity index is 1.19. The van der Waals surface area contributed by atoms with Crippen LogP contribution in [0.25, 0.3) is 5.69 Å². The topological polar surface area (TPSA) is 67.7 Å². The van der Waals surface area contributed by atoms with E-state index in [4.69, 9.17) is 16.3 Å². The second-order valence-corrected chi connectivity index (χ2v) is 8.71. The summed E-state index contributed by atoms with van der Waals surface area (Å²) in [5.41, 5.74) is 3.61. The Morgan fingerprint density at radius 1 is 1.00 bits per heavy atom. The molecule has 2 aliphatic rings. The second-order valence-electron chi connectivity index (χ2n) is 8.34. The van der Waals surface area contributed by atoms with Gasteiger partial charge in [-0.1, -0.05) is 35.9 Å². The van der Waals surface area contributed by atoms with Crippen molar-refractivity contribution >= 4 is 23.2 Å². The number of nitrogens with zero attached hydrogens (tertiary/aromatic N) is 4. The van der Waals surface area contributed by atoms with Gasteiger partial charge in [0, 0.05) is 26.2 Å². The summed E-state index contributed by atoms with van der Waals surface area (Å²) in [6, 6.07) is 15.3. The molecule has 2 heterocycles. The number of hydrogen-bond donors (Lipinski definition) is 0. The average molecular weight is 465 g/mol. The highest BCUT2D eigenvalue weighted by molar-refractivity contribution is 6.33. The molecule has 0 bridgehead atoms. The predicted molar refractivity (Wildman–Crippen MR) is 128 cm³/mol. The van der Waals surface area contributed by atoms with Crippen molar-refractivity contribution in [1.82, 2.24) is 14.7 Å². The van der Waals surface area contributed by atoms with Gasteiger partial charge in [-0.05, 0) is 54.7 Å². The van der Waals surface area contributed by atoms with Gasteiger partial charge in [-0.2, -0.15) is 9.78 Å². The van der Waals surface area contributed by atoms with E-state index in [0.717, 1.165) is 18.6 Å². The van der Waals surface area contributed by atoms with Crippen molar-refractivity contribution in [3.63, 3.8) is 0 Å². The molecule has 1 fully saturated rings. The van der Waals surface area contributed by atoms with Gasteiger partial charge in [0.2, 0.25) is 0 Å². The molecule has 3 aromatic rings. The van der Waals surface area contributed by atoms with E-state index in [0.29, 0.717) is 37.6 Å². The first-order valence-corrected chi connectivity index (χ1v) is 11.6. The zero-order chi connectivity index (χ0) is 22.8. The number of fused-ring (bicyclic) bond motifs is 1. The third-order valence-corrected chi connectivity index (χ3v) is 6.66. The predicted octanol–water partition coefficient (Wildman–Crippen LogP) is 3.10. The number of halogens is 1. The van der Waals surface area contributed by atoms with Crippen LogP contribution in [-0.4, -0.2) is 53.4 Å². The van der Waals surface area contributed by atoms with Crippen LogP contribution in [0.3, 0.4) is 0 Å². The first-order valence-electron chi connectivity index (χ1n) is 11.2. The third kappa shape index (κ3) is 4.46. The van der Waals surface area contributed by atoms with Gasteiger partial charge in [-0.25, -0.2) is 0 Å². The molecule has 0 spiro atoms. The highest BCUT2D eigenvalue weighted by Gasteiger charge is 2.24. The Hall–Kier alpha value is -3.32. The number of hydrogen-bond acceptors (Lipinski definition) is 5. The lowest BCUT2D eigenvalue weighted by Crippen LogP contribution is -2.50. The number of rotatable bonds is 5. The van der Waals surface area contributed by atoms with Gasteiger partial charge in [0.25, 0.3) is 11.5 Å². The molecule has 1 saturated heterocycles. The van der Waals surface area contributed by atoms with E-state index < -0.39 is 0 Å². The maximum Gasteiger partial charge on any atom is 0.292 e. The summed E-state index contributed by atoms with van der Waals surface area (Å²) in [7, 11) is 0. The van der Waals surface area contributed by atoms with Crippen LogP contribution in [0.5, 0.6) is 5.75 Å². The van der Waals surface area contributed by atoms with Crippen LogP contribution in [0.1, 0.15) is 17.5 Å². The van der Waals surface area contributed by atoms with Gasteiger partial charge in [0.1, 0.15) is 10.8 Å². The molecule has 0 N–H and O–H groups in total. The molecule has 0 atom stereocenters. The summed E-state index contributed by atoms with van der Waals surface area (Å²) in [5.74, 6) is 0.707. The molecule has 170 valence electrons. The van der Waals surface area contributed by atoms with Gasteiger partial charge in [-0.3, -0.25) is 9.59 Å². The highest BCUT2D eigenvalue weighted by Crippen LogP contribution is 2.26. The van der Waals surface area contributed by atoms with Gasteiger partial charge >= 0.3 is 0 Å². The number of carbonyl (C=O) groups excluding carboxylic acids is 1. The van der Waals surface area contributed by atoms with Crippen molar-refractivity contribution in [3.8, 4) is 11.4 Å². The van der Waals surface area contributed by atoms with E-state index in [1.54, 1.807) is 23.2 Å². The molecule has 8 heteroatoms. The van der Waals surface area contributed by atoms with Crippen molar-refractivity contribution in [2.75, 3.05) is 37.7 Å². The lowest BCUT2D eigenvalue weighted by Gasteiger charge is -2.36. The van der Waals surface area contributed by atoms with Gasteiger partial charge in [0.05, 0.1) is 17.6 Å². The van der Waals surface area contributed by atoms with Crippen LogP contribution >= 0.6 is 11.6 Å². The van der Waals surface area contributed by atoms with Crippen LogP contribution < -0.4 is 15.2 Å². The third-order valence-electron chi connectivity index (χ3n) is 6.31. The molecular formula is C25H25ClN4O3. The zero-order valence-corrected chi connectivity index (χ0v) is 19.0. The first kappa shape index (κ1) is 21.5. The van der Waals surface area contributed by atoms with Crippen LogP contribution in [0.4, 0.5) is 5.69 Å². The Kier molecular flexibility index (Phi) is 6.05. The molecule has 2 aromatic carbocycles. The minimum absolute atomic E-state index is 0.0220. The van der Waals surface area contributed by atoms with Crippen LogP contribution in [-0.2, 0) is 17.6 Å². The Bertz CT molecular complexity index is 1220. The van der Waals surface area contributed by atoms with Crippen molar-refractivity contribution in [3.05, 3.63) is 81.2 Å². The Morgan fingerprint density at radius 2 is 1.76 bits per heavy atom. The zero-order valence-electron chi connectivity index (χ0n) is 18.2. The number of amides is 1. The molecule has 1 aliphatic carbocycles. The molecule has 5 rings (SSSR count). The minimum atomic E-state index is -0.360. The molecule has 1 aliphatic heterocycles. The van der Waals surface area contributed by atoms with Crippen molar-refractivity contribution in [2.24, 2.45) is 0 Å². The number of benzene rings is 2. The van der Waals surface area contributed by atoms with Gasteiger partial charge in [0.15, 0.2) is 6.61 Å². The van der Waals surface area contributed by atoms with Crippen LogP contribution in [0.2, 0.25) is 5.02 Å². The monoisotopic (exact) mass is 464 g/mol. The van der Waals surface area contributed by atoms with E-state index in [9.17, 15) is 9.59 Å². The molecule has 0 unspecified atom stereocenters. The van der Waals surface area contributed by atoms with E-state index in [1.807, 2.05) is 29.2 Å². The summed E-state index contributed by atoms with van der Waals surface area (Å²) in [5, 5.41) is 4.44. The largest absolute Gasteiger partial charge is 0.484 e. The SMILES string of the molecule is O=C(COc1ccc2c(c1)CCC2)N1CCN(c2cnn(-c3ccccc3)c(=O)c2Cl)CC1. The summed E-state index contributed by atoms with van der Waals surface area (Å²) in [6.07, 6.45) is 5.00. The molecule has 1 amide bonds. The van der Waals surface area contributed by atoms with Gasteiger partial charge < -0.3 is 14.5 Å². The maximum atomic E-state index is 12.8. The standard InChI is InChI=1S/C25H25ClN4O3/c26-24-22(16-27-30(25(24)32)20-7-2-1-3-8-20)28-11-13-29(14-12-28)23(31)17-33-21-10-9-18-5-4-6-19(18)15-21/h1-3,7-10,15-16H,4-6,11-14,17H2. The van der Waals surface area contributed by atoms with Crippen LogP contribution in [0, 0.1) is 0 Å². The number of piperazine rings is 1. The summed E-state index contributed by atoms with van der Waals surface area (Å²) in [6.45, 7) is 2.23. The second kappa shape index (κ2) is 9.27. The molecule has 33 heavy (non-hydrogen) atoms. The van der Waals surface area contributed by atoms with Gasteiger partial charge in [-0.15, -0.1) is 0 Å². The lowest BCUT2D eigenvalue weighted by molar-refractivity contribution is -0.133. The smallest absolute Gasteiger partial charge is 0.292 e. The normalized spacial score (nSPS) is 15.4. The quantitative estimate of drug-likeness (QED) is 0.580. The Labute approximate surface area is 197 Å². The average Bonchev–Trinajstić information content (AvgIpc) is 3.33. The highest BCUT2D eigenvalue weighted by atomic mass is 35.5. The summed E-state index contributed by atoms with van der Waals surface area (Å²) < 4.78 is 7.06. The van der Waals surface area contributed by atoms with E-state index >= 15 is 0 Å². The van der Waals surface area contributed by atoms with E-state index in [2.05, 4.69) is 17.2 Å². The summed E-state index contributed by atoms with van der Waals surface area (Å²) in [4.78, 5) is 29.2. The first-order chi connectivity index (χ1) is 16.1. The van der Waals surface area contributed by atoms with E-state index in [1.165, 1.54) is 22.2 Å². The molecular weight excluding hydrogens is 440 g/mol. The van der Waals surface area contributed by atoms with E-state index in [-0.39, 0.29) is 23.1 Å². The maximum absolute atomic E-state index is 12.8. The fraction of sp³-hybridized carbons (Fsp3) is 0.320. The van der Waals surface area contributed by atoms with Crippen LogP contribution in [0.15, 0.2) is 59.5 Å². The number of ether oxygens (including phenoxy) is 1. The molecule has 1 aromatic heterocycles. The Morgan fingerprint density at radius 3 is 2.55 bits per heavy atom. The number of aryl methyl sites for hydroxylation is 2. The number of carbonyl (C=O) groups is 1. The fourth-order valence-corrected chi connectivity index (χ4v) is 4.72. The fourth-order valence-electron chi connectivity index (χ4n) is 4.47. The lowest BCUT2D eigenvalue weighted by atomic mass is 10.1. The number of para-hydroxylation sites is 1. The minimum Gasteiger partial charge on any atom is -0.484 e. The van der Waals surface area contributed by atoms with Crippen molar-refractivity contribution in [2.45, 2.75) is 19.3 Å².